The molecule has 2 heterocycles. The zero-order valence-electron chi connectivity index (χ0n) is 11.3. The van der Waals surface area contributed by atoms with Gasteiger partial charge in [-0.1, -0.05) is 0 Å². The zero-order valence-corrected chi connectivity index (χ0v) is 12.1. The summed E-state index contributed by atoms with van der Waals surface area (Å²) in [5.74, 6) is 0. The summed E-state index contributed by atoms with van der Waals surface area (Å²) in [6, 6.07) is 5.11. The van der Waals surface area contributed by atoms with Crippen LogP contribution in [0.25, 0.3) is 10.9 Å². The molecule has 1 atom stereocenters. The van der Waals surface area contributed by atoms with Crippen molar-refractivity contribution in [3.8, 4) is 0 Å². The number of H-pyrrole nitrogens is 1. The quantitative estimate of drug-likeness (QED) is 0.698. The van der Waals surface area contributed by atoms with Crippen LogP contribution in [0.5, 0.6) is 0 Å². The van der Waals surface area contributed by atoms with Gasteiger partial charge in [0.05, 0.1) is 19.3 Å². The fourth-order valence-electron chi connectivity index (χ4n) is 2.49. The number of nitrogens with two attached hydrogens (primary N) is 1. The molecular weight excluding hydrogens is 294 g/mol. The normalized spacial score (nSPS) is 20.9. The van der Waals surface area contributed by atoms with E-state index in [0.29, 0.717) is 11.1 Å². The maximum Gasteiger partial charge on any atom is 0.245 e. The Hall–Kier alpha value is -1.61. The first-order chi connectivity index (χ1) is 10.0. The number of aromatic amines is 1. The van der Waals surface area contributed by atoms with Gasteiger partial charge in [0.15, 0.2) is 0 Å². The molecule has 1 fully saturated rings. The molecule has 4 N–H and O–H groups in total. The Morgan fingerprint density at radius 1 is 1.48 bits per heavy atom. The minimum absolute atomic E-state index is 0.147. The van der Waals surface area contributed by atoms with Gasteiger partial charge in [-0.15, -0.1) is 0 Å². The van der Waals surface area contributed by atoms with Crippen LogP contribution in [0.3, 0.4) is 0 Å². The average Bonchev–Trinajstić information content (AvgIpc) is 2.91. The highest BCUT2D eigenvalue weighted by Crippen LogP contribution is 2.28. The lowest BCUT2D eigenvalue weighted by atomic mass is 10.2. The van der Waals surface area contributed by atoms with Crippen LogP contribution in [-0.2, 0) is 14.8 Å². The summed E-state index contributed by atoms with van der Waals surface area (Å²) in [7, 11) is -3.65. The van der Waals surface area contributed by atoms with Crippen molar-refractivity contribution in [3.63, 3.8) is 0 Å². The molecule has 0 aliphatic carbocycles. The molecule has 3 rings (SSSR count). The molecule has 1 aliphatic rings. The summed E-state index contributed by atoms with van der Waals surface area (Å²) in [5.41, 5.74) is 6.97. The lowest BCUT2D eigenvalue weighted by Gasteiger charge is -2.31. The van der Waals surface area contributed by atoms with Crippen molar-refractivity contribution in [2.24, 2.45) is 0 Å². The number of ether oxygens (including phenoxy) is 1. The second-order valence-electron chi connectivity index (χ2n) is 5.00. The van der Waals surface area contributed by atoms with Crippen LogP contribution in [0.2, 0.25) is 0 Å². The van der Waals surface area contributed by atoms with Gasteiger partial charge in [-0.05, 0) is 18.2 Å². The number of aliphatic hydroxyl groups excluding tert-OH is 1. The number of hydrogen-bond acceptors (Lipinski definition) is 5. The van der Waals surface area contributed by atoms with Gasteiger partial charge in [0.25, 0.3) is 0 Å². The second-order valence-corrected chi connectivity index (χ2v) is 6.90. The molecular formula is C13H17N3O4S. The molecule has 21 heavy (non-hydrogen) atoms. The van der Waals surface area contributed by atoms with Gasteiger partial charge >= 0.3 is 0 Å². The molecule has 1 unspecified atom stereocenters. The molecule has 0 amide bonds. The molecule has 114 valence electrons. The SMILES string of the molecule is Nc1ccc2[nH]cc(S(=O)(=O)N3CCOC(CO)C3)c2c1. The Balaban J connectivity index is 2.02. The van der Waals surface area contributed by atoms with Gasteiger partial charge < -0.3 is 20.6 Å². The molecule has 1 aromatic heterocycles. The summed E-state index contributed by atoms with van der Waals surface area (Å²) in [5, 5.41) is 9.72. The third-order valence-corrected chi connectivity index (χ3v) is 5.50. The predicted molar refractivity (Wildman–Crippen MR) is 78.3 cm³/mol. The van der Waals surface area contributed by atoms with Gasteiger partial charge in [0.1, 0.15) is 4.90 Å². The van der Waals surface area contributed by atoms with Crippen molar-refractivity contribution in [3.05, 3.63) is 24.4 Å². The van der Waals surface area contributed by atoms with E-state index in [-0.39, 0.29) is 31.2 Å². The number of sulfonamides is 1. The Labute approximate surface area is 122 Å². The maximum absolute atomic E-state index is 12.8. The predicted octanol–water partition coefficient (Wildman–Crippen LogP) is 0.132. The van der Waals surface area contributed by atoms with Crippen molar-refractivity contribution >= 4 is 26.6 Å². The highest BCUT2D eigenvalue weighted by Gasteiger charge is 2.32. The highest BCUT2D eigenvalue weighted by atomic mass is 32.2. The van der Waals surface area contributed by atoms with E-state index in [9.17, 15) is 8.42 Å². The number of nitrogen functional groups attached to an aromatic ring is 1. The lowest BCUT2D eigenvalue weighted by molar-refractivity contribution is -0.0304. The van der Waals surface area contributed by atoms with Crippen LogP contribution in [0.1, 0.15) is 0 Å². The van der Waals surface area contributed by atoms with Crippen molar-refractivity contribution in [1.29, 1.82) is 0 Å². The summed E-state index contributed by atoms with van der Waals surface area (Å²) in [4.78, 5) is 3.14. The number of morpholine rings is 1. The number of nitrogens with zero attached hydrogens (tertiary/aromatic N) is 1. The van der Waals surface area contributed by atoms with E-state index in [1.54, 1.807) is 18.2 Å². The first-order valence-corrected chi connectivity index (χ1v) is 8.05. The molecule has 2 aromatic rings. The van der Waals surface area contributed by atoms with E-state index in [4.69, 9.17) is 15.6 Å². The Morgan fingerprint density at radius 3 is 3.05 bits per heavy atom. The first kappa shape index (κ1) is 14.3. The molecule has 7 nitrogen and oxygen atoms in total. The fraction of sp³-hybridized carbons (Fsp3) is 0.385. The lowest BCUT2D eigenvalue weighted by Crippen LogP contribution is -2.46. The van der Waals surface area contributed by atoms with Crippen LogP contribution in [-0.4, -0.2) is 55.2 Å². The van der Waals surface area contributed by atoms with E-state index >= 15 is 0 Å². The summed E-state index contributed by atoms with van der Waals surface area (Å²) in [6.45, 7) is 0.490. The van der Waals surface area contributed by atoms with E-state index < -0.39 is 16.1 Å². The smallest absolute Gasteiger partial charge is 0.245 e. The van der Waals surface area contributed by atoms with E-state index in [1.807, 2.05) is 0 Å². The van der Waals surface area contributed by atoms with Crippen LogP contribution in [0.4, 0.5) is 5.69 Å². The molecule has 1 aliphatic heterocycles. The standard InChI is InChI=1S/C13H17N3O4S/c14-9-1-2-12-11(5-9)13(6-15-12)21(18,19)16-3-4-20-10(7-16)8-17/h1-2,5-6,10,15,17H,3-4,7-8,14H2. The van der Waals surface area contributed by atoms with Crippen LogP contribution in [0.15, 0.2) is 29.3 Å². The van der Waals surface area contributed by atoms with Crippen molar-refractivity contribution in [2.45, 2.75) is 11.0 Å². The highest BCUT2D eigenvalue weighted by molar-refractivity contribution is 7.89. The number of nitrogens with one attached hydrogen (secondary N) is 1. The molecule has 1 saturated heterocycles. The molecule has 0 saturated carbocycles. The third kappa shape index (κ3) is 2.51. The van der Waals surface area contributed by atoms with Gasteiger partial charge in [0, 0.05) is 35.9 Å². The number of anilines is 1. The molecule has 0 bridgehead atoms. The zero-order chi connectivity index (χ0) is 15.0. The van der Waals surface area contributed by atoms with Gasteiger partial charge in [-0.25, -0.2) is 8.42 Å². The van der Waals surface area contributed by atoms with Gasteiger partial charge in [-0.2, -0.15) is 4.31 Å². The number of benzene rings is 1. The van der Waals surface area contributed by atoms with Crippen molar-refractivity contribution in [1.82, 2.24) is 9.29 Å². The molecule has 0 radical (unpaired) electrons. The van der Waals surface area contributed by atoms with E-state index in [1.165, 1.54) is 10.5 Å². The molecule has 8 heteroatoms. The first-order valence-electron chi connectivity index (χ1n) is 6.61. The number of fused-ring (bicyclic) bond motifs is 1. The third-order valence-electron chi connectivity index (χ3n) is 3.59. The van der Waals surface area contributed by atoms with Crippen LogP contribution in [0, 0.1) is 0 Å². The minimum Gasteiger partial charge on any atom is -0.399 e. The van der Waals surface area contributed by atoms with Gasteiger partial charge in [-0.3, -0.25) is 0 Å². The maximum atomic E-state index is 12.8. The Bertz CT molecular complexity index is 756. The summed E-state index contributed by atoms with van der Waals surface area (Å²) in [6.07, 6.45) is 0.992. The molecule has 0 spiro atoms. The van der Waals surface area contributed by atoms with Crippen LogP contribution >= 0.6 is 0 Å². The number of aliphatic hydroxyl groups is 1. The Morgan fingerprint density at radius 2 is 2.29 bits per heavy atom. The fourth-order valence-corrected chi connectivity index (χ4v) is 4.10. The van der Waals surface area contributed by atoms with E-state index in [2.05, 4.69) is 4.98 Å². The second kappa shape index (κ2) is 5.30. The number of aromatic nitrogens is 1. The summed E-state index contributed by atoms with van der Waals surface area (Å²) >= 11 is 0. The largest absolute Gasteiger partial charge is 0.399 e. The van der Waals surface area contributed by atoms with E-state index in [0.717, 1.165) is 5.52 Å². The van der Waals surface area contributed by atoms with Crippen molar-refractivity contribution < 1.29 is 18.3 Å². The molecule has 1 aromatic carbocycles. The monoisotopic (exact) mass is 311 g/mol. The van der Waals surface area contributed by atoms with Crippen molar-refractivity contribution in [2.75, 3.05) is 32.0 Å². The minimum atomic E-state index is -3.65. The van der Waals surface area contributed by atoms with Crippen LogP contribution < -0.4 is 5.73 Å². The Kier molecular flexibility index (Phi) is 3.62. The van der Waals surface area contributed by atoms with Gasteiger partial charge in [0.2, 0.25) is 10.0 Å². The number of hydrogen-bond donors (Lipinski definition) is 3. The number of rotatable bonds is 3. The topological polar surface area (TPSA) is 109 Å². The average molecular weight is 311 g/mol. The summed E-state index contributed by atoms with van der Waals surface area (Å²) < 4.78 is 32.2.